The van der Waals surface area contributed by atoms with E-state index in [1.165, 1.54) is 6.92 Å². The summed E-state index contributed by atoms with van der Waals surface area (Å²) in [6, 6.07) is 7.92. The molecule has 0 saturated carbocycles. The van der Waals surface area contributed by atoms with Crippen LogP contribution in [0.25, 0.3) is 5.73 Å². The maximum absolute atomic E-state index is 12.1. The molecule has 0 bridgehead atoms. The van der Waals surface area contributed by atoms with E-state index in [2.05, 4.69) is 10.6 Å². The quantitative estimate of drug-likeness (QED) is 0.702. The molecule has 0 aromatic heterocycles. The molecule has 2 unspecified atom stereocenters. The maximum Gasteiger partial charge on any atom is 3.00 e. The average Bonchev–Trinajstić information content (AvgIpc) is 2.51. The van der Waals surface area contributed by atoms with Gasteiger partial charge in [0.05, 0.1) is 11.9 Å². The molecule has 6 nitrogen and oxygen atoms in total. The van der Waals surface area contributed by atoms with E-state index in [0.29, 0.717) is 5.75 Å². The Kier molecular flexibility index (Phi) is 11.2. The third-order valence-corrected chi connectivity index (χ3v) is 4.05. The number of carbonyl (C=O) groups is 3. The minimum Gasteiger partial charge on any atom is -0.666 e. The summed E-state index contributed by atoms with van der Waals surface area (Å²) < 4.78 is 0. The van der Waals surface area contributed by atoms with Crippen molar-refractivity contribution in [2.75, 3.05) is 0 Å². The molecule has 0 aliphatic carbocycles. The van der Waals surface area contributed by atoms with E-state index in [4.69, 9.17) is 5.73 Å². The molecular weight excluding hydrogens is 403 g/mol. The van der Waals surface area contributed by atoms with E-state index in [1.807, 2.05) is 30.3 Å². The largest absolute Gasteiger partial charge is 3.00 e. The first kappa shape index (κ1) is 23.1. The molecule has 0 radical (unpaired) electrons. The Hall–Kier alpha value is -0.916. The number of carbonyl (C=O) groups excluding carboxylic acids is 3. The van der Waals surface area contributed by atoms with Gasteiger partial charge in [-0.1, -0.05) is 55.9 Å². The van der Waals surface area contributed by atoms with Gasteiger partial charge in [-0.05, 0) is 18.4 Å². The van der Waals surface area contributed by atoms with Gasteiger partial charge in [-0.2, -0.15) is 0 Å². The second-order valence-electron chi connectivity index (χ2n) is 5.52. The van der Waals surface area contributed by atoms with Gasteiger partial charge < -0.3 is 21.2 Å². The van der Waals surface area contributed by atoms with Gasteiger partial charge in [0.25, 0.3) is 5.24 Å². The van der Waals surface area contributed by atoms with Crippen LogP contribution in [0.2, 0.25) is 0 Å². The molecule has 2 atom stereocenters. The Labute approximate surface area is 172 Å². The van der Waals surface area contributed by atoms with Crippen LogP contribution < -0.4 is 10.6 Å². The Bertz CT molecular complexity index is 555. The summed E-state index contributed by atoms with van der Waals surface area (Å²) in [6.45, 7) is 5.05. The summed E-state index contributed by atoms with van der Waals surface area (Å²) in [5.74, 6) is -0.947. The molecule has 0 spiro atoms. The second-order valence-corrected chi connectivity index (χ2v) is 6.47. The van der Waals surface area contributed by atoms with Crippen LogP contribution in [0.3, 0.4) is 0 Å². The van der Waals surface area contributed by atoms with Gasteiger partial charge in [0.2, 0.25) is 5.91 Å². The topological polar surface area (TPSA) is 99.1 Å². The third-order valence-electron chi connectivity index (χ3n) is 3.19. The molecule has 0 saturated heterocycles. The van der Waals surface area contributed by atoms with Crippen LogP contribution in [-0.4, -0.2) is 29.1 Å². The maximum atomic E-state index is 12.1. The SMILES string of the molecule is CC(NC(=O)C(NC(=O)SCc1ccccc1)C(C)C)C([NH-])=O.[Y+3]. The van der Waals surface area contributed by atoms with Crippen LogP contribution >= 0.6 is 11.8 Å². The van der Waals surface area contributed by atoms with Crippen LogP contribution in [-0.2, 0) is 48.1 Å². The minimum atomic E-state index is -0.891. The van der Waals surface area contributed by atoms with Crippen molar-refractivity contribution in [2.24, 2.45) is 5.92 Å². The van der Waals surface area contributed by atoms with E-state index in [1.54, 1.807) is 13.8 Å². The fourth-order valence-electron chi connectivity index (χ4n) is 1.80. The van der Waals surface area contributed by atoms with Gasteiger partial charge in [0.1, 0.15) is 6.04 Å². The van der Waals surface area contributed by atoms with Crippen LogP contribution in [0, 0.1) is 5.92 Å². The monoisotopic (exact) mass is 425 g/mol. The Balaban J connectivity index is 0.00000529. The smallest absolute Gasteiger partial charge is 0.666 e. The molecule has 0 heterocycles. The summed E-state index contributed by atoms with van der Waals surface area (Å²) >= 11 is 1.08. The number of rotatable bonds is 7. The van der Waals surface area contributed by atoms with Crippen molar-refractivity contribution in [3.63, 3.8) is 0 Å². The van der Waals surface area contributed by atoms with Crippen molar-refractivity contribution in [1.82, 2.24) is 10.6 Å². The van der Waals surface area contributed by atoms with E-state index in [-0.39, 0.29) is 43.9 Å². The molecule has 3 amide bonds. The summed E-state index contributed by atoms with van der Waals surface area (Å²) in [6.07, 6.45) is 0. The van der Waals surface area contributed by atoms with Crippen LogP contribution in [0.4, 0.5) is 4.79 Å². The number of thioether (sulfide) groups is 1. The Morgan fingerprint density at radius 1 is 1.08 bits per heavy atom. The van der Waals surface area contributed by atoms with E-state index in [9.17, 15) is 14.4 Å². The predicted octanol–water partition coefficient (Wildman–Crippen LogP) is 2.74. The van der Waals surface area contributed by atoms with Gasteiger partial charge in [0, 0.05) is 5.75 Å². The molecule has 0 fully saturated rings. The molecule has 1 aromatic carbocycles. The van der Waals surface area contributed by atoms with Gasteiger partial charge in [-0.15, -0.1) is 0 Å². The van der Waals surface area contributed by atoms with Gasteiger partial charge >= 0.3 is 32.7 Å². The fourth-order valence-corrected chi connectivity index (χ4v) is 2.50. The van der Waals surface area contributed by atoms with Crippen LogP contribution in [0.5, 0.6) is 0 Å². The normalized spacial score (nSPS) is 12.7. The van der Waals surface area contributed by atoms with Crippen LogP contribution in [0.1, 0.15) is 26.3 Å². The zero-order valence-corrected chi connectivity index (χ0v) is 17.7. The molecule has 0 aliphatic heterocycles. The average molecular weight is 425 g/mol. The van der Waals surface area contributed by atoms with E-state index in [0.717, 1.165) is 17.3 Å². The number of amides is 3. The predicted molar refractivity (Wildman–Crippen MR) is 91.8 cm³/mol. The van der Waals surface area contributed by atoms with E-state index < -0.39 is 23.9 Å². The summed E-state index contributed by atoms with van der Waals surface area (Å²) in [5.41, 5.74) is 8.00. The van der Waals surface area contributed by atoms with Crippen molar-refractivity contribution in [2.45, 2.75) is 38.6 Å². The molecule has 24 heavy (non-hydrogen) atoms. The van der Waals surface area contributed by atoms with Gasteiger partial charge in [-0.3, -0.25) is 9.59 Å². The van der Waals surface area contributed by atoms with Crippen LogP contribution in [0.15, 0.2) is 30.3 Å². The first-order valence-electron chi connectivity index (χ1n) is 7.34. The fraction of sp³-hybridized carbons (Fsp3) is 0.438. The molecule has 8 heteroatoms. The Morgan fingerprint density at radius 3 is 2.17 bits per heavy atom. The number of nitrogens with one attached hydrogen (secondary N) is 3. The number of benzene rings is 1. The molecule has 1 rings (SSSR count). The zero-order chi connectivity index (χ0) is 17.4. The molecule has 1 aromatic rings. The Morgan fingerprint density at radius 2 is 1.67 bits per heavy atom. The summed E-state index contributed by atoms with van der Waals surface area (Å²) in [4.78, 5) is 35.1. The van der Waals surface area contributed by atoms with Crippen molar-refractivity contribution in [3.8, 4) is 0 Å². The van der Waals surface area contributed by atoms with Gasteiger partial charge in [-0.25, -0.2) is 0 Å². The minimum absolute atomic E-state index is 0. The van der Waals surface area contributed by atoms with E-state index >= 15 is 0 Å². The van der Waals surface area contributed by atoms with Crippen molar-refractivity contribution >= 4 is 28.8 Å². The molecule has 0 aliphatic rings. The van der Waals surface area contributed by atoms with Crippen molar-refractivity contribution in [3.05, 3.63) is 41.6 Å². The first-order valence-corrected chi connectivity index (χ1v) is 8.33. The second kappa shape index (κ2) is 11.6. The van der Waals surface area contributed by atoms with Gasteiger partial charge in [0.15, 0.2) is 0 Å². The standard InChI is InChI=1S/C16H23N3O3S.Y/c1-10(2)13(15(21)18-11(3)14(17)20)19-16(22)23-9-12-7-5-4-6-8-12;/h4-8,10-11,13H,9H2,1-3H3,(H4,17,18,19,20,21,22);/q;+3/p-1. The number of hydrogen-bond donors (Lipinski definition) is 2. The molecular formula is C16H22N3O3SY+2. The first-order chi connectivity index (χ1) is 10.8. The third kappa shape index (κ3) is 8.26. The van der Waals surface area contributed by atoms with Crippen molar-refractivity contribution in [1.29, 1.82) is 0 Å². The summed E-state index contributed by atoms with van der Waals surface area (Å²) in [7, 11) is 0. The molecule has 3 N–H and O–H groups in total. The summed E-state index contributed by atoms with van der Waals surface area (Å²) in [5, 5.41) is 4.81. The molecule has 126 valence electrons. The van der Waals surface area contributed by atoms with Crippen molar-refractivity contribution < 1.29 is 47.1 Å². The zero-order valence-electron chi connectivity index (χ0n) is 14.0. The number of hydrogen-bond acceptors (Lipinski definition) is 4.